The van der Waals surface area contributed by atoms with Crippen LogP contribution in [0.4, 0.5) is 8.78 Å². The number of aryl methyl sites for hydroxylation is 1. The van der Waals surface area contributed by atoms with E-state index in [1.807, 2.05) is 6.07 Å². The van der Waals surface area contributed by atoms with Crippen LogP contribution in [0.3, 0.4) is 0 Å². The van der Waals surface area contributed by atoms with Gasteiger partial charge in [-0.1, -0.05) is 11.6 Å². The maximum absolute atomic E-state index is 12.7. The molecule has 3 aromatic rings. The standard InChI is InChI=1S/C16H15ClF2N6O/c1-9(3-4-20)23-7-10(2)25-13(16(23)26)5-11(21-25)8-24-14(17)6-12(22-24)15(18)19/h5-7,9,15H,3,8H2,1-2H3/t9-/m0/s1. The normalized spacial score (nSPS) is 12.7. The molecule has 3 heterocycles. The third-order valence-corrected chi connectivity index (χ3v) is 4.32. The molecule has 0 bridgehead atoms. The van der Waals surface area contributed by atoms with E-state index in [-0.39, 0.29) is 29.7 Å². The van der Waals surface area contributed by atoms with E-state index in [0.717, 1.165) is 6.07 Å². The van der Waals surface area contributed by atoms with Gasteiger partial charge in [0, 0.05) is 18.3 Å². The SMILES string of the molecule is Cc1cn([C@@H](C)CC#N)c(=O)c2cc(Cn3nc(C(F)F)cc3Cl)nn12. The molecule has 10 heteroatoms. The lowest BCUT2D eigenvalue weighted by Gasteiger charge is -2.13. The van der Waals surface area contributed by atoms with Gasteiger partial charge in [0.1, 0.15) is 16.4 Å². The molecule has 0 radical (unpaired) electrons. The number of alkyl halides is 2. The van der Waals surface area contributed by atoms with Gasteiger partial charge in [0.25, 0.3) is 12.0 Å². The molecule has 26 heavy (non-hydrogen) atoms. The quantitative estimate of drug-likeness (QED) is 0.681. The predicted octanol–water partition coefficient (Wildman–Crippen LogP) is 3.11. The topological polar surface area (TPSA) is 80.9 Å². The van der Waals surface area contributed by atoms with Crippen LogP contribution in [0.15, 0.2) is 23.1 Å². The van der Waals surface area contributed by atoms with E-state index in [9.17, 15) is 13.6 Å². The number of nitriles is 1. The van der Waals surface area contributed by atoms with Crippen LogP contribution in [0.2, 0.25) is 5.15 Å². The van der Waals surface area contributed by atoms with Crippen LogP contribution in [0, 0.1) is 18.3 Å². The van der Waals surface area contributed by atoms with Crippen molar-refractivity contribution >= 4 is 17.1 Å². The van der Waals surface area contributed by atoms with Gasteiger partial charge in [-0.05, 0) is 19.9 Å². The number of hydrogen-bond donors (Lipinski definition) is 0. The molecule has 0 saturated heterocycles. The molecule has 0 saturated carbocycles. The smallest absolute Gasteiger partial charge is 0.282 e. The zero-order chi connectivity index (χ0) is 19.0. The van der Waals surface area contributed by atoms with Gasteiger partial charge in [0.05, 0.1) is 30.4 Å². The van der Waals surface area contributed by atoms with Crippen molar-refractivity contribution in [2.24, 2.45) is 0 Å². The lowest BCUT2D eigenvalue weighted by Crippen LogP contribution is -2.25. The van der Waals surface area contributed by atoms with E-state index in [1.165, 1.54) is 13.8 Å². The van der Waals surface area contributed by atoms with Gasteiger partial charge >= 0.3 is 0 Å². The van der Waals surface area contributed by atoms with Crippen LogP contribution in [0.25, 0.3) is 5.52 Å². The van der Waals surface area contributed by atoms with Gasteiger partial charge in [-0.3, -0.25) is 4.79 Å². The summed E-state index contributed by atoms with van der Waals surface area (Å²) in [4.78, 5) is 12.7. The Hall–Kier alpha value is -2.73. The minimum atomic E-state index is -2.72. The van der Waals surface area contributed by atoms with Gasteiger partial charge in [-0.25, -0.2) is 18.0 Å². The molecule has 3 rings (SSSR count). The van der Waals surface area contributed by atoms with Gasteiger partial charge < -0.3 is 4.57 Å². The molecular formula is C16H15ClF2N6O. The van der Waals surface area contributed by atoms with Crippen LogP contribution < -0.4 is 5.56 Å². The van der Waals surface area contributed by atoms with Crippen molar-refractivity contribution in [3.8, 4) is 6.07 Å². The first-order valence-electron chi connectivity index (χ1n) is 7.80. The summed E-state index contributed by atoms with van der Waals surface area (Å²) in [7, 11) is 0. The molecule has 0 spiro atoms. The van der Waals surface area contributed by atoms with Gasteiger partial charge in [-0.15, -0.1) is 0 Å². The minimum Gasteiger partial charge on any atom is -0.308 e. The molecule has 0 aliphatic carbocycles. The summed E-state index contributed by atoms with van der Waals surface area (Å²) in [6, 6.07) is 4.45. The van der Waals surface area contributed by atoms with Crippen molar-refractivity contribution in [1.29, 1.82) is 5.26 Å². The molecular weight excluding hydrogens is 366 g/mol. The maximum Gasteiger partial charge on any atom is 0.282 e. The van der Waals surface area contributed by atoms with Crippen LogP contribution >= 0.6 is 11.6 Å². The van der Waals surface area contributed by atoms with E-state index >= 15 is 0 Å². The van der Waals surface area contributed by atoms with Crippen molar-refractivity contribution < 1.29 is 8.78 Å². The number of fused-ring (bicyclic) bond motifs is 1. The highest BCUT2D eigenvalue weighted by atomic mass is 35.5. The Morgan fingerprint density at radius 2 is 2.08 bits per heavy atom. The first-order valence-corrected chi connectivity index (χ1v) is 8.18. The fourth-order valence-electron chi connectivity index (χ4n) is 2.72. The Kier molecular flexibility index (Phi) is 4.78. The molecule has 7 nitrogen and oxygen atoms in total. The summed E-state index contributed by atoms with van der Waals surface area (Å²) < 4.78 is 29.7. The van der Waals surface area contributed by atoms with E-state index in [2.05, 4.69) is 10.2 Å². The van der Waals surface area contributed by atoms with Crippen LogP contribution in [-0.2, 0) is 6.54 Å². The first-order chi connectivity index (χ1) is 12.3. The van der Waals surface area contributed by atoms with Crippen molar-refractivity contribution in [1.82, 2.24) is 24.0 Å². The first kappa shape index (κ1) is 18.1. The predicted molar refractivity (Wildman–Crippen MR) is 90.4 cm³/mol. The van der Waals surface area contributed by atoms with Gasteiger partial charge in [-0.2, -0.15) is 15.5 Å². The van der Waals surface area contributed by atoms with Gasteiger partial charge in [0.2, 0.25) is 0 Å². The molecule has 0 aromatic carbocycles. The fourth-order valence-corrected chi connectivity index (χ4v) is 2.93. The van der Waals surface area contributed by atoms with Crippen molar-refractivity contribution in [3.63, 3.8) is 0 Å². The zero-order valence-corrected chi connectivity index (χ0v) is 14.8. The molecule has 0 amide bonds. The third-order valence-electron chi connectivity index (χ3n) is 4.02. The van der Waals surface area contributed by atoms with Crippen LogP contribution in [0.5, 0.6) is 0 Å². The van der Waals surface area contributed by atoms with Crippen molar-refractivity contribution in [2.45, 2.75) is 39.3 Å². The Morgan fingerprint density at radius 3 is 2.69 bits per heavy atom. The monoisotopic (exact) mass is 380 g/mol. The lowest BCUT2D eigenvalue weighted by atomic mass is 10.2. The Labute approximate surface area is 152 Å². The fraction of sp³-hybridized carbons (Fsp3) is 0.375. The van der Waals surface area contributed by atoms with Crippen molar-refractivity contribution in [2.75, 3.05) is 0 Å². The molecule has 0 fully saturated rings. The molecule has 3 aromatic heterocycles. The zero-order valence-electron chi connectivity index (χ0n) is 14.0. The highest BCUT2D eigenvalue weighted by Crippen LogP contribution is 2.22. The van der Waals surface area contributed by atoms with E-state index in [1.54, 1.807) is 26.1 Å². The number of nitrogens with zero attached hydrogens (tertiary/aromatic N) is 6. The number of halogens is 3. The molecule has 0 unspecified atom stereocenters. The van der Waals surface area contributed by atoms with Crippen molar-refractivity contribution in [3.05, 3.63) is 50.9 Å². The second-order valence-electron chi connectivity index (χ2n) is 5.98. The number of aromatic nitrogens is 5. The Bertz CT molecular complexity index is 1060. The van der Waals surface area contributed by atoms with Crippen LogP contribution in [0.1, 0.15) is 42.9 Å². The summed E-state index contributed by atoms with van der Waals surface area (Å²) >= 11 is 5.94. The Morgan fingerprint density at radius 1 is 1.35 bits per heavy atom. The molecule has 136 valence electrons. The second-order valence-corrected chi connectivity index (χ2v) is 6.36. The maximum atomic E-state index is 12.7. The van der Waals surface area contributed by atoms with E-state index in [4.69, 9.17) is 16.9 Å². The molecule has 0 N–H and O–H groups in total. The average molecular weight is 381 g/mol. The largest absolute Gasteiger partial charge is 0.308 e. The van der Waals surface area contributed by atoms with E-state index < -0.39 is 12.1 Å². The van der Waals surface area contributed by atoms with E-state index in [0.29, 0.717) is 16.9 Å². The third kappa shape index (κ3) is 3.20. The summed E-state index contributed by atoms with van der Waals surface area (Å²) in [6.45, 7) is 3.63. The second kappa shape index (κ2) is 6.88. The minimum absolute atomic E-state index is 0.0554. The highest BCUT2D eigenvalue weighted by Gasteiger charge is 2.17. The molecule has 0 aliphatic rings. The summed E-state index contributed by atoms with van der Waals surface area (Å²) in [6.07, 6.45) is -0.870. The highest BCUT2D eigenvalue weighted by molar-refractivity contribution is 6.29. The van der Waals surface area contributed by atoms with Crippen LogP contribution in [-0.4, -0.2) is 24.0 Å². The average Bonchev–Trinajstić information content (AvgIpc) is 3.16. The van der Waals surface area contributed by atoms with Gasteiger partial charge in [0.15, 0.2) is 0 Å². The Balaban J connectivity index is 2.02. The molecule has 1 atom stereocenters. The number of rotatable bonds is 5. The summed E-state index contributed by atoms with van der Waals surface area (Å²) in [5.74, 6) is 0. The molecule has 0 aliphatic heterocycles. The summed E-state index contributed by atoms with van der Waals surface area (Å²) in [5, 5.41) is 17.0. The summed E-state index contributed by atoms with van der Waals surface area (Å²) in [5.41, 5.74) is 0.805. The number of hydrogen-bond acceptors (Lipinski definition) is 4. The lowest BCUT2D eigenvalue weighted by molar-refractivity contribution is 0.145.